The number of oxazole rings is 1. The van der Waals surface area contributed by atoms with E-state index in [0.717, 1.165) is 30.6 Å². The summed E-state index contributed by atoms with van der Waals surface area (Å²) in [5.74, 6) is 0.808. The summed E-state index contributed by atoms with van der Waals surface area (Å²) in [6.07, 6.45) is 1.77. The van der Waals surface area contributed by atoms with Crippen molar-refractivity contribution in [3.63, 3.8) is 0 Å². The molecule has 0 bridgehead atoms. The summed E-state index contributed by atoms with van der Waals surface area (Å²) in [6, 6.07) is 5.97. The minimum atomic E-state index is 0. The minimum absolute atomic E-state index is 0. The second-order valence-corrected chi connectivity index (χ2v) is 5.48. The minimum Gasteiger partial charge on any atom is -0.441 e. The number of hydrogen-bond acceptors (Lipinski definition) is 4. The van der Waals surface area contributed by atoms with Crippen LogP contribution < -0.4 is 10.6 Å². The molecule has 1 aliphatic rings. The molecule has 1 aromatic carbocycles. The molecule has 0 spiro atoms. The molecule has 3 rings (SSSR count). The van der Waals surface area contributed by atoms with Crippen LogP contribution in [0.3, 0.4) is 0 Å². The highest BCUT2D eigenvalue weighted by Gasteiger charge is 2.24. The van der Waals surface area contributed by atoms with Gasteiger partial charge in [0.1, 0.15) is 5.52 Å². The molecule has 6 heteroatoms. The Labute approximate surface area is 129 Å². The van der Waals surface area contributed by atoms with Gasteiger partial charge in [-0.25, -0.2) is 4.98 Å². The van der Waals surface area contributed by atoms with E-state index in [9.17, 15) is 4.79 Å². The van der Waals surface area contributed by atoms with Crippen LogP contribution in [-0.2, 0) is 4.79 Å². The monoisotopic (exact) mass is 309 g/mol. The van der Waals surface area contributed by atoms with Crippen molar-refractivity contribution in [3.8, 4) is 0 Å². The molecule has 2 heterocycles. The molecule has 2 atom stereocenters. The van der Waals surface area contributed by atoms with E-state index in [-0.39, 0.29) is 24.2 Å². The fraction of sp³-hybridized carbons (Fsp3) is 0.467. The van der Waals surface area contributed by atoms with Gasteiger partial charge in [0.25, 0.3) is 0 Å². The van der Waals surface area contributed by atoms with E-state index in [4.69, 9.17) is 4.42 Å². The molecule has 21 heavy (non-hydrogen) atoms. The van der Waals surface area contributed by atoms with Crippen molar-refractivity contribution in [2.24, 2.45) is 5.92 Å². The number of nitrogens with one attached hydrogen (secondary N) is 2. The third-order valence-corrected chi connectivity index (χ3v) is 3.76. The third kappa shape index (κ3) is 3.54. The number of nitrogens with zero attached hydrogens (tertiary/aromatic N) is 1. The SMILES string of the molecule is Cc1nc2ccc(NC(=O)[C@H]3CCN[C@@H](C)C3)cc2o1.Cl. The van der Waals surface area contributed by atoms with Crippen molar-refractivity contribution in [1.29, 1.82) is 0 Å². The predicted molar refractivity (Wildman–Crippen MR) is 84.8 cm³/mol. The lowest BCUT2D eigenvalue weighted by Gasteiger charge is -2.27. The van der Waals surface area contributed by atoms with Crippen LogP contribution in [0.25, 0.3) is 11.1 Å². The number of piperidine rings is 1. The molecule has 1 fully saturated rings. The zero-order chi connectivity index (χ0) is 14.1. The van der Waals surface area contributed by atoms with E-state index in [1.54, 1.807) is 0 Å². The molecule has 2 N–H and O–H groups in total. The van der Waals surface area contributed by atoms with Crippen LogP contribution in [0, 0.1) is 12.8 Å². The Bertz CT molecular complexity index is 641. The summed E-state index contributed by atoms with van der Waals surface area (Å²) >= 11 is 0. The van der Waals surface area contributed by atoms with Crippen LogP contribution in [0.1, 0.15) is 25.7 Å². The van der Waals surface area contributed by atoms with E-state index in [2.05, 4.69) is 22.5 Å². The Morgan fingerprint density at radius 1 is 1.48 bits per heavy atom. The van der Waals surface area contributed by atoms with E-state index in [1.165, 1.54) is 0 Å². The van der Waals surface area contributed by atoms with E-state index >= 15 is 0 Å². The van der Waals surface area contributed by atoms with E-state index < -0.39 is 0 Å². The van der Waals surface area contributed by atoms with Crippen LogP contribution in [0.15, 0.2) is 22.6 Å². The largest absolute Gasteiger partial charge is 0.441 e. The number of benzene rings is 1. The number of halogens is 1. The summed E-state index contributed by atoms with van der Waals surface area (Å²) < 4.78 is 5.48. The Morgan fingerprint density at radius 2 is 2.29 bits per heavy atom. The number of anilines is 1. The average molecular weight is 310 g/mol. The second-order valence-electron chi connectivity index (χ2n) is 5.48. The zero-order valence-electron chi connectivity index (χ0n) is 12.2. The van der Waals surface area contributed by atoms with Gasteiger partial charge in [0.15, 0.2) is 11.5 Å². The molecule has 1 aliphatic heterocycles. The van der Waals surface area contributed by atoms with Crippen LogP contribution >= 0.6 is 12.4 Å². The second kappa shape index (κ2) is 6.45. The first kappa shape index (κ1) is 15.8. The molecule has 1 saturated heterocycles. The van der Waals surface area contributed by atoms with Crippen molar-refractivity contribution >= 4 is 35.1 Å². The number of aromatic nitrogens is 1. The fourth-order valence-electron chi connectivity index (χ4n) is 2.73. The average Bonchev–Trinajstić information content (AvgIpc) is 2.78. The topological polar surface area (TPSA) is 67.2 Å². The number of amides is 1. The van der Waals surface area contributed by atoms with Gasteiger partial charge in [-0.3, -0.25) is 4.79 Å². The number of hydrogen-bond donors (Lipinski definition) is 2. The molecule has 0 saturated carbocycles. The van der Waals surface area contributed by atoms with Crippen LogP contribution in [0.5, 0.6) is 0 Å². The van der Waals surface area contributed by atoms with Crippen molar-refractivity contribution in [1.82, 2.24) is 10.3 Å². The van der Waals surface area contributed by atoms with Gasteiger partial charge in [0, 0.05) is 30.6 Å². The number of fused-ring (bicyclic) bond motifs is 1. The number of carbonyl (C=O) groups excluding carboxylic acids is 1. The van der Waals surface area contributed by atoms with E-state index in [0.29, 0.717) is 17.5 Å². The first-order chi connectivity index (χ1) is 9.61. The maximum Gasteiger partial charge on any atom is 0.227 e. The molecule has 114 valence electrons. The maximum absolute atomic E-state index is 12.3. The Hall–Kier alpha value is -1.59. The highest BCUT2D eigenvalue weighted by atomic mass is 35.5. The van der Waals surface area contributed by atoms with Crippen molar-refractivity contribution in [2.45, 2.75) is 32.7 Å². The molecule has 1 amide bonds. The lowest BCUT2D eigenvalue weighted by Crippen LogP contribution is -2.40. The van der Waals surface area contributed by atoms with Gasteiger partial charge in [0.05, 0.1) is 0 Å². The quantitative estimate of drug-likeness (QED) is 0.895. The molecular formula is C15H20ClN3O2. The molecule has 0 unspecified atom stereocenters. The first-order valence-corrected chi connectivity index (χ1v) is 7.03. The van der Waals surface area contributed by atoms with Crippen molar-refractivity contribution in [3.05, 3.63) is 24.1 Å². The number of carbonyl (C=O) groups is 1. The molecule has 2 aromatic rings. The van der Waals surface area contributed by atoms with Crippen molar-refractivity contribution < 1.29 is 9.21 Å². The van der Waals surface area contributed by atoms with Crippen LogP contribution in [-0.4, -0.2) is 23.5 Å². The normalized spacial score (nSPS) is 21.8. The summed E-state index contributed by atoms with van der Waals surface area (Å²) in [4.78, 5) is 16.5. The third-order valence-electron chi connectivity index (χ3n) is 3.76. The predicted octanol–water partition coefficient (Wildman–Crippen LogP) is 2.88. The lowest BCUT2D eigenvalue weighted by molar-refractivity contribution is -0.120. The van der Waals surface area contributed by atoms with Crippen molar-refractivity contribution in [2.75, 3.05) is 11.9 Å². The van der Waals surface area contributed by atoms with Gasteiger partial charge >= 0.3 is 0 Å². The molecule has 0 radical (unpaired) electrons. The molecule has 0 aliphatic carbocycles. The zero-order valence-corrected chi connectivity index (χ0v) is 13.0. The summed E-state index contributed by atoms with van der Waals surface area (Å²) in [7, 11) is 0. The Kier molecular flexibility index (Phi) is 4.85. The lowest BCUT2D eigenvalue weighted by atomic mass is 9.92. The fourth-order valence-corrected chi connectivity index (χ4v) is 2.73. The van der Waals surface area contributed by atoms with Gasteiger partial charge in [0.2, 0.25) is 5.91 Å². The van der Waals surface area contributed by atoms with Gasteiger partial charge in [-0.05, 0) is 38.4 Å². The number of rotatable bonds is 2. The van der Waals surface area contributed by atoms with Crippen LogP contribution in [0.4, 0.5) is 5.69 Å². The van der Waals surface area contributed by atoms with Gasteiger partial charge < -0.3 is 15.1 Å². The Morgan fingerprint density at radius 3 is 3.05 bits per heavy atom. The Balaban J connectivity index is 0.00000161. The molecule has 1 aromatic heterocycles. The standard InChI is InChI=1S/C15H19N3O2.ClH/c1-9-7-11(5-6-16-9)15(19)18-12-3-4-13-14(8-12)20-10(2)17-13;/h3-4,8-9,11,16H,5-7H2,1-2H3,(H,18,19);1H/t9-,11-;/m0./s1. The molecule has 5 nitrogen and oxygen atoms in total. The highest BCUT2D eigenvalue weighted by Crippen LogP contribution is 2.22. The van der Waals surface area contributed by atoms with Gasteiger partial charge in [-0.15, -0.1) is 12.4 Å². The smallest absolute Gasteiger partial charge is 0.227 e. The maximum atomic E-state index is 12.3. The van der Waals surface area contributed by atoms with E-state index in [1.807, 2.05) is 25.1 Å². The van der Waals surface area contributed by atoms with Gasteiger partial charge in [-0.1, -0.05) is 0 Å². The first-order valence-electron chi connectivity index (χ1n) is 7.03. The summed E-state index contributed by atoms with van der Waals surface area (Å²) in [5.41, 5.74) is 2.29. The molecular weight excluding hydrogens is 290 g/mol. The van der Waals surface area contributed by atoms with Gasteiger partial charge in [-0.2, -0.15) is 0 Å². The number of aryl methyl sites for hydroxylation is 1. The summed E-state index contributed by atoms with van der Waals surface area (Å²) in [5, 5.41) is 6.33. The van der Waals surface area contributed by atoms with Crippen LogP contribution in [0.2, 0.25) is 0 Å². The highest BCUT2D eigenvalue weighted by molar-refractivity contribution is 5.94. The summed E-state index contributed by atoms with van der Waals surface area (Å²) in [6.45, 7) is 4.83.